The minimum absolute atomic E-state index is 0. The Hall–Kier alpha value is -3.39. The summed E-state index contributed by atoms with van der Waals surface area (Å²) in [5.74, 6) is 1.88. The summed E-state index contributed by atoms with van der Waals surface area (Å²) >= 11 is 0. The molecule has 0 atom stereocenters. The summed E-state index contributed by atoms with van der Waals surface area (Å²) in [5.41, 5.74) is 2.61. The molecule has 4 aromatic rings. The number of hydrogen-bond donors (Lipinski definition) is 2. The van der Waals surface area contributed by atoms with Crippen molar-refractivity contribution in [3.63, 3.8) is 0 Å². The summed E-state index contributed by atoms with van der Waals surface area (Å²) in [6.07, 6.45) is 4.55. The van der Waals surface area contributed by atoms with Crippen LogP contribution in [0.25, 0.3) is 11.3 Å². The van der Waals surface area contributed by atoms with Crippen molar-refractivity contribution in [3.8, 4) is 40.1 Å². The van der Waals surface area contributed by atoms with E-state index in [1.54, 1.807) is 36.6 Å². The average Bonchev–Trinajstić information content (AvgIpc) is 3.45. The summed E-state index contributed by atoms with van der Waals surface area (Å²) in [7, 11) is 0. The number of carboxylic acids is 1. The van der Waals surface area contributed by atoms with E-state index in [0.717, 1.165) is 30.4 Å². The molecule has 1 aromatic heterocycles. The van der Waals surface area contributed by atoms with E-state index in [9.17, 15) is 15.0 Å². The van der Waals surface area contributed by atoms with Crippen LogP contribution in [0, 0.1) is 0 Å². The molecular weight excluding hydrogens is 507 g/mol. The number of hydrogen-bond acceptors (Lipinski definition) is 6. The molecule has 0 unspecified atom stereocenters. The predicted octanol–water partition coefficient (Wildman–Crippen LogP) is 6.86. The number of benzene rings is 3. The van der Waals surface area contributed by atoms with Gasteiger partial charge in [0.2, 0.25) is 0 Å². The van der Waals surface area contributed by atoms with E-state index >= 15 is 0 Å². The number of carboxylic acid groups (broad SMARTS) is 1. The van der Waals surface area contributed by atoms with Gasteiger partial charge < -0.3 is 28.8 Å². The zero-order valence-electron chi connectivity index (χ0n) is 21.6. The van der Waals surface area contributed by atoms with E-state index < -0.39 is 5.97 Å². The molecule has 1 heterocycles. The number of para-hydroxylation sites is 1. The molecule has 0 spiro atoms. The number of rotatable bonds is 13. The van der Waals surface area contributed by atoms with Crippen LogP contribution in [0.15, 0.2) is 77.4 Å². The Morgan fingerprint density at radius 3 is 2.28 bits per heavy atom. The molecule has 0 aliphatic heterocycles. The molecule has 2 N–H and O–H groups in total. The Kier molecular flexibility index (Phi) is 11.3. The van der Waals surface area contributed by atoms with Gasteiger partial charge in [-0.2, -0.15) is 0 Å². The molecule has 0 aliphatic rings. The van der Waals surface area contributed by atoms with Crippen LogP contribution in [0.4, 0.5) is 0 Å². The number of phenolic OH excluding ortho intramolecular Hbond substituents is 1. The van der Waals surface area contributed by atoms with Gasteiger partial charge in [0.05, 0.1) is 25.0 Å². The molecular formula is C31H33NaO7. The Labute approximate surface area is 250 Å². The van der Waals surface area contributed by atoms with Crippen LogP contribution in [0.2, 0.25) is 0 Å². The summed E-state index contributed by atoms with van der Waals surface area (Å²) in [5, 5.41) is 20.0. The van der Waals surface area contributed by atoms with E-state index in [1.165, 1.54) is 6.07 Å². The van der Waals surface area contributed by atoms with Crippen LogP contribution in [-0.4, -0.2) is 59.0 Å². The van der Waals surface area contributed by atoms with Crippen molar-refractivity contribution in [2.75, 3.05) is 13.2 Å². The standard InChI is InChI=1S/C31H32O7.Na.H/c1-3-10-22-26(13-7-14-28(22)38-29-12-6-5-11-23(29)31(33)34)36-17-9-18-37-30-20-25(32)24(19-21(30)4-2)27-15-8-16-35-27;;/h5-8,11-16,19-20,32H,3-4,9-10,17-18H2,1-2H3,(H,33,34);;. The van der Waals surface area contributed by atoms with Gasteiger partial charge in [-0.15, -0.1) is 0 Å². The molecule has 7 nitrogen and oxygen atoms in total. The van der Waals surface area contributed by atoms with Gasteiger partial charge >= 0.3 is 35.5 Å². The zero-order valence-corrected chi connectivity index (χ0v) is 21.6. The molecule has 4 rings (SSSR count). The molecule has 0 aliphatic carbocycles. The molecule has 8 heteroatoms. The molecule has 0 saturated heterocycles. The van der Waals surface area contributed by atoms with E-state index in [2.05, 4.69) is 6.92 Å². The quantitative estimate of drug-likeness (QED) is 0.141. The molecule has 3 aromatic carbocycles. The van der Waals surface area contributed by atoms with E-state index in [1.807, 2.05) is 37.3 Å². The van der Waals surface area contributed by atoms with Crippen LogP contribution in [-0.2, 0) is 12.8 Å². The number of ether oxygens (including phenoxy) is 3. The third-order valence-corrected chi connectivity index (χ3v) is 6.08. The second kappa shape index (κ2) is 14.7. The van der Waals surface area contributed by atoms with Crippen molar-refractivity contribution in [2.24, 2.45) is 0 Å². The third kappa shape index (κ3) is 7.60. The summed E-state index contributed by atoms with van der Waals surface area (Å²) in [6.45, 7) is 4.94. The third-order valence-electron chi connectivity index (χ3n) is 6.08. The number of aryl methyl sites for hydroxylation is 1. The van der Waals surface area contributed by atoms with Crippen molar-refractivity contribution in [2.45, 2.75) is 39.5 Å². The van der Waals surface area contributed by atoms with Gasteiger partial charge in [-0.25, -0.2) is 4.79 Å². The SMILES string of the molecule is CCCc1c(OCCCOc2cc(O)c(-c3ccco3)cc2CC)cccc1Oc1ccccc1C(=O)O.[NaH]. The van der Waals surface area contributed by atoms with Crippen molar-refractivity contribution in [1.29, 1.82) is 0 Å². The Morgan fingerprint density at radius 2 is 1.59 bits per heavy atom. The molecule has 0 amide bonds. The second-order valence-corrected chi connectivity index (χ2v) is 8.74. The van der Waals surface area contributed by atoms with Crippen molar-refractivity contribution in [1.82, 2.24) is 0 Å². The Morgan fingerprint density at radius 1 is 0.872 bits per heavy atom. The summed E-state index contributed by atoms with van der Waals surface area (Å²) < 4.78 is 23.5. The van der Waals surface area contributed by atoms with Crippen LogP contribution in [0.1, 0.15) is 48.2 Å². The number of aromatic hydroxyl groups is 1. The molecule has 0 fully saturated rings. The maximum atomic E-state index is 11.6. The van der Waals surface area contributed by atoms with Gasteiger partial charge in [0.15, 0.2) is 0 Å². The fourth-order valence-electron chi connectivity index (χ4n) is 4.20. The zero-order chi connectivity index (χ0) is 26.9. The molecule has 0 radical (unpaired) electrons. The molecule has 0 saturated carbocycles. The first kappa shape index (κ1) is 30.2. The first-order valence-corrected chi connectivity index (χ1v) is 12.8. The first-order chi connectivity index (χ1) is 18.5. The van der Waals surface area contributed by atoms with E-state index in [-0.39, 0.29) is 46.6 Å². The van der Waals surface area contributed by atoms with Crippen LogP contribution < -0.4 is 14.2 Å². The van der Waals surface area contributed by atoms with Gasteiger partial charge in [0, 0.05) is 18.1 Å². The maximum absolute atomic E-state index is 11.6. The summed E-state index contributed by atoms with van der Waals surface area (Å²) in [6, 6.07) is 19.3. The molecule has 200 valence electrons. The van der Waals surface area contributed by atoms with E-state index in [4.69, 9.17) is 18.6 Å². The van der Waals surface area contributed by atoms with Crippen LogP contribution in [0.5, 0.6) is 28.7 Å². The van der Waals surface area contributed by atoms with E-state index in [0.29, 0.717) is 48.2 Å². The second-order valence-electron chi connectivity index (χ2n) is 8.74. The molecule has 0 bridgehead atoms. The Bertz CT molecular complexity index is 1370. The topological polar surface area (TPSA) is 98.4 Å². The molecule has 39 heavy (non-hydrogen) atoms. The number of phenols is 1. The van der Waals surface area contributed by atoms with Gasteiger partial charge in [-0.3, -0.25) is 0 Å². The van der Waals surface area contributed by atoms with Crippen molar-refractivity contribution < 1.29 is 33.6 Å². The Balaban J connectivity index is 0.00000420. The van der Waals surface area contributed by atoms with Gasteiger partial charge in [0.25, 0.3) is 0 Å². The number of carbonyl (C=O) groups is 1. The minimum atomic E-state index is -1.04. The van der Waals surface area contributed by atoms with Gasteiger partial charge in [-0.1, -0.05) is 38.5 Å². The van der Waals surface area contributed by atoms with Gasteiger partial charge in [-0.05, 0) is 60.9 Å². The first-order valence-electron chi connectivity index (χ1n) is 12.8. The van der Waals surface area contributed by atoms with Crippen LogP contribution in [0.3, 0.4) is 0 Å². The van der Waals surface area contributed by atoms with Crippen molar-refractivity contribution in [3.05, 3.63) is 89.7 Å². The predicted molar refractivity (Wildman–Crippen MR) is 152 cm³/mol. The van der Waals surface area contributed by atoms with Crippen molar-refractivity contribution >= 4 is 35.5 Å². The normalized spacial score (nSPS) is 10.5. The average molecular weight is 541 g/mol. The monoisotopic (exact) mass is 540 g/mol. The fraction of sp³-hybridized carbons (Fsp3) is 0.258. The fourth-order valence-corrected chi connectivity index (χ4v) is 4.20. The number of furan rings is 1. The summed E-state index contributed by atoms with van der Waals surface area (Å²) in [4.78, 5) is 11.6. The van der Waals surface area contributed by atoms with Crippen LogP contribution >= 0.6 is 0 Å². The van der Waals surface area contributed by atoms with Gasteiger partial charge in [0.1, 0.15) is 40.1 Å². The number of aromatic carboxylic acids is 1.